The lowest BCUT2D eigenvalue weighted by molar-refractivity contribution is -0.0965. The molecule has 1 aliphatic heterocycles. The number of carboxylic acids is 1. The highest BCUT2D eigenvalue weighted by Gasteiger charge is 2.46. The van der Waals surface area contributed by atoms with Gasteiger partial charge in [-0.3, -0.25) is 4.90 Å². The van der Waals surface area contributed by atoms with Crippen molar-refractivity contribution >= 4 is 16.9 Å². The van der Waals surface area contributed by atoms with Crippen LogP contribution in [0, 0.1) is 6.92 Å². The van der Waals surface area contributed by atoms with Crippen molar-refractivity contribution in [2.24, 2.45) is 0 Å². The standard InChI is InChI=1S/C27H31F2N3O3/c1-16-11-24(35-2)22(21-7-9-30-25(16)21)15-32-10-8-19(31-20-13-27(28,29)14-20)12-23(32)17-3-5-18(6-4-17)26(33)34/h3-7,9,11,19-20,23,30-31H,8,10,12-15H2,1-2H3,(H,33,34)/t19-,23+/m0/s1. The fourth-order valence-electron chi connectivity index (χ4n) is 5.65. The van der Waals surface area contributed by atoms with Crippen molar-refractivity contribution in [1.82, 2.24) is 15.2 Å². The van der Waals surface area contributed by atoms with E-state index in [2.05, 4.69) is 34.3 Å². The van der Waals surface area contributed by atoms with E-state index in [1.54, 1.807) is 19.2 Å². The molecule has 0 amide bonds. The minimum Gasteiger partial charge on any atom is -0.496 e. The zero-order valence-electron chi connectivity index (χ0n) is 20.0. The quantitative estimate of drug-likeness (QED) is 0.427. The number of alkyl halides is 2. The van der Waals surface area contributed by atoms with Gasteiger partial charge in [-0.25, -0.2) is 13.6 Å². The number of aromatic carboxylic acids is 1. The van der Waals surface area contributed by atoms with Crippen molar-refractivity contribution in [2.45, 2.75) is 63.2 Å². The number of carboxylic acid groups (broad SMARTS) is 1. The number of H-pyrrole nitrogens is 1. The minimum absolute atomic E-state index is 0.0182. The van der Waals surface area contributed by atoms with Gasteiger partial charge in [0.25, 0.3) is 5.92 Å². The van der Waals surface area contributed by atoms with Crippen LogP contribution in [0.2, 0.25) is 0 Å². The Balaban J connectivity index is 1.43. The highest BCUT2D eigenvalue weighted by Crippen LogP contribution is 2.40. The van der Waals surface area contributed by atoms with Gasteiger partial charge in [0.2, 0.25) is 0 Å². The van der Waals surface area contributed by atoms with Gasteiger partial charge in [-0.15, -0.1) is 0 Å². The smallest absolute Gasteiger partial charge is 0.335 e. The van der Waals surface area contributed by atoms with Crippen LogP contribution in [0.4, 0.5) is 8.78 Å². The Kier molecular flexibility index (Phi) is 6.27. The van der Waals surface area contributed by atoms with Gasteiger partial charge in [0.15, 0.2) is 0 Å². The number of likely N-dealkylation sites (tertiary alicyclic amines) is 1. The highest BCUT2D eigenvalue weighted by molar-refractivity contribution is 5.88. The molecule has 8 heteroatoms. The number of nitrogens with zero attached hydrogens (tertiary/aromatic N) is 1. The summed E-state index contributed by atoms with van der Waals surface area (Å²) in [5, 5.41) is 13.9. The third-order valence-corrected chi connectivity index (χ3v) is 7.51. The number of piperidine rings is 1. The lowest BCUT2D eigenvalue weighted by atomic mass is 9.85. The number of aromatic nitrogens is 1. The van der Waals surface area contributed by atoms with E-state index in [1.165, 1.54) is 0 Å². The average Bonchev–Trinajstić information content (AvgIpc) is 3.31. The van der Waals surface area contributed by atoms with Gasteiger partial charge in [-0.05, 0) is 55.2 Å². The van der Waals surface area contributed by atoms with Gasteiger partial charge in [0.05, 0.1) is 12.7 Å². The Morgan fingerprint density at radius 2 is 1.97 bits per heavy atom. The number of nitrogens with one attached hydrogen (secondary N) is 2. The summed E-state index contributed by atoms with van der Waals surface area (Å²) in [4.78, 5) is 17.1. The van der Waals surface area contributed by atoms with Crippen LogP contribution in [-0.4, -0.2) is 52.6 Å². The molecule has 6 nitrogen and oxygen atoms in total. The second-order valence-electron chi connectivity index (χ2n) is 9.90. The first kappa shape index (κ1) is 23.8. The number of benzene rings is 2. The van der Waals surface area contributed by atoms with E-state index in [0.29, 0.717) is 6.54 Å². The summed E-state index contributed by atoms with van der Waals surface area (Å²) < 4.78 is 32.5. The van der Waals surface area contributed by atoms with Crippen LogP contribution in [0.3, 0.4) is 0 Å². The van der Waals surface area contributed by atoms with Crippen molar-refractivity contribution in [2.75, 3.05) is 13.7 Å². The molecule has 2 fully saturated rings. The number of ether oxygens (including phenoxy) is 1. The predicted octanol–water partition coefficient (Wildman–Crippen LogP) is 5.28. The molecule has 186 valence electrons. The van der Waals surface area contributed by atoms with Gasteiger partial charge in [-0.2, -0.15) is 0 Å². The Hall–Kier alpha value is -2.97. The topological polar surface area (TPSA) is 77.6 Å². The summed E-state index contributed by atoms with van der Waals surface area (Å²) in [6.45, 7) is 3.51. The van der Waals surface area contributed by atoms with E-state index in [9.17, 15) is 18.7 Å². The predicted molar refractivity (Wildman–Crippen MR) is 130 cm³/mol. The number of carbonyl (C=O) groups is 1. The summed E-state index contributed by atoms with van der Waals surface area (Å²) in [5.41, 5.74) is 4.58. The zero-order valence-corrected chi connectivity index (χ0v) is 20.0. The molecule has 0 bridgehead atoms. The first-order valence-corrected chi connectivity index (χ1v) is 12.1. The number of hydrogen-bond donors (Lipinski definition) is 3. The summed E-state index contributed by atoms with van der Waals surface area (Å²) in [6.07, 6.45) is 3.36. The summed E-state index contributed by atoms with van der Waals surface area (Å²) >= 11 is 0. The molecule has 35 heavy (non-hydrogen) atoms. The Labute approximate surface area is 203 Å². The highest BCUT2D eigenvalue weighted by atomic mass is 19.3. The molecular weight excluding hydrogens is 452 g/mol. The van der Waals surface area contributed by atoms with E-state index >= 15 is 0 Å². The van der Waals surface area contributed by atoms with E-state index in [0.717, 1.165) is 52.7 Å². The maximum atomic E-state index is 13.4. The Bertz CT molecular complexity index is 1220. The molecule has 3 N–H and O–H groups in total. The third kappa shape index (κ3) is 4.77. The van der Waals surface area contributed by atoms with Crippen LogP contribution in [0.5, 0.6) is 5.75 Å². The number of methoxy groups -OCH3 is 1. The van der Waals surface area contributed by atoms with Crippen LogP contribution in [-0.2, 0) is 6.54 Å². The molecule has 2 atom stereocenters. The molecule has 1 saturated heterocycles. The molecule has 1 saturated carbocycles. The maximum absolute atomic E-state index is 13.4. The van der Waals surface area contributed by atoms with Gasteiger partial charge >= 0.3 is 5.97 Å². The summed E-state index contributed by atoms with van der Waals surface area (Å²) in [5.74, 6) is -2.66. The molecule has 2 aliphatic rings. The van der Waals surface area contributed by atoms with E-state index in [1.807, 2.05) is 18.3 Å². The second-order valence-corrected chi connectivity index (χ2v) is 9.90. The molecule has 2 aromatic carbocycles. The van der Waals surface area contributed by atoms with Gasteiger partial charge < -0.3 is 20.1 Å². The minimum atomic E-state index is -2.55. The Morgan fingerprint density at radius 3 is 2.63 bits per heavy atom. The largest absolute Gasteiger partial charge is 0.496 e. The van der Waals surface area contributed by atoms with Crippen LogP contribution in [0.1, 0.15) is 58.8 Å². The van der Waals surface area contributed by atoms with E-state index < -0.39 is 11.9 Å². The summed E-state index contributed by atoms with van der Waals surface area (Å²) in [6, 6.07) is 11.1. The van der Waals surface area contributed by atoms with Crippen molar-refractivity contribution in [3.63, 3.8) is 0 Å². The van der Waals surface area contributed by atoms with Crippen LogP contribution >= 0.6 is 0 Å². The molecule has 0 unspecified atom stereocenters. The molecule has 0 radical (unpaired) electrons. The van der Waals surface area contributed by atoms with Crippen molar-refractivity contribution in [3.05, 3.63) is 64.8 Å². The van der Waals surface area contributed by atoms with Crippen molar-refractivity contribution < 1.29 is 23.4 Å². The first-order valence-electron chi connectivity index (χ1n) is 12.1. The van der Waals surface area contributed by atoms with E-state index in [4.69, 9.17) is 4.74 Å². The second kappa shape index (κ2) is 9.24. The fourth-order valence-corrected chi connectivity index (χ4v) is 5.65. The molecule has 1 aromatic heterocycles. The maximum Gasteiger partial charge on any atom is 0.335 e. The number of halogens is 2. The fraction of sp³-hybridized carbons (Fsp3) is 0.444. The van der Waals surface area contributed by atoms with Crippen molar-refractivity contribution in [3.8, 4) is 5.75 Å². The number of fused-ring (bicyclic) bond motifs is 1. The third-order valence-electron chi connectivity index (χ3n) is 7.51. The zero-order chi connectivity index (χ0) is 24.7. The molecule has 5 rings (SSSR count). The van der Waals surface area contributed by atoms with Gasteiger partial charge in [0, 0.05) is 66.7 Å². The number of hydrogen-bond acceptors (Lipinski definition) is 4. The Morgan fingerprint density at radius 1 is 1.23 bits per heavy atom. The lowest BCUT2D eigenvalue weighted by Gasteiger charge is -2.44. The van der Waals surface area contributed by atoms with E-state index in [-0.39, 0.29) is 36.5 Å². The van der Waals surface area contributed by atoms with Crippen LogP contribution in [0.25, 0.3) is 10.9 Å². The lowest BCUT2D eigenvalue weighted by Crippen LogP contribution is -2.54. The first-order chi connectivity index (χ1) is 16.7. The van der Waals surface area contributed by atoms with Crippen molar-refractivity contribution in [1.29, 1.82) is 0 Å². The van der Waals surface area contributed by atoms with Gasteiger partial charge in [0.1, 0.15) is 5.75 Å². The number of aromatic amines is 1. The van der Waals surface area contributed by atoms with Gasteiger partial charge in [-0.1, -0.05) is 12.1 Å². The normalized spacial score (nSPS) is 22.7. The SMILES string of the molecule is COc1cc(C)c2[nH]ccc2c1CN1CC[C@H](NC2CC(F)(F)C2)C[C@@H]1c1ccc(C(=O)O)cc1. The molecule has 0 spiro atoms. The summed E-state index contributed by atoms with van der Waals surface area (Å²) in [7, 11) is 1.68. The molecular formula is C27H31F2N3O3. The monoisotopic (exact) mass is 483 g/mol. The molecule has 1 aliphatic carbocycles. The van der Waals surface area contributed by atoms with Crippen LogP contribution < -0.4 is 10.1 Å². The molecule has 3 aromatic rings. The number of rotatable bonds is 7. The van der Waals surface area contributed by atoms with Crippen LogP contribution in [0.15, 0.2) is 42.6 Å². The average molecular weight is 484 g/mol. The number of aryl methyl sites for hydroxylation is 1. The molecule has 2 heterocycles.